The van der Waals surface area contributed by atoms with Gasteiger partial charge in [-0.2, -0.15) is 0 Å². The van der Waals surface area contributed by atoms with E-state index >= 15 is 0 Å². The summed E-state index contributed by atoms with van der Waals surface area (Å²) in [5.41, 5.74) is 0.669. The highest BCUT2D eigenvalue weighted by Gasteiger charge is 2.23. The second-order valence-corrected chi connectivity index (χ2v) is 7.93. The number of morpholine rings is 1. The van der Waals surface area contributed by atoms with Gasteiger partial charge in [0.1, 0.15) is 0 Å². The van der Waals surface area contributed by atoms with E-state index in [4.69, 9.17) is 9.73 Å². The van der Waals surface area contributed by atoms with E-state index in [0.29, 0.717) is 25.2 Å². The number of hydrogen-bond donors (Lipinski definition) is 3. The van der Waals surface area contributed by atoms with Crippen LogP contribution < -0.4 is 16.0 Å². The van der Waals surface area contributed by atoms with E-state index in [-0.39, 0.29) is 35.9 Å². The third-order valence-corrected chi connectivity index (χ3v) is 5.84. The first-order valence-electron chi connectivity index (χ1n) is 10.5. The molecule has 0 bridgehead atoms. The highest BCUT2D eigenvalue weighted by Crippen LogP contribution is 2.26. The first kappa shape index (κ1) is 25.6. The van der Waals surface area contributed by atoms with E-state index in [2.05, 4.69) is 38.4 Å². The molecule has 0 saturated carbocycles. The van der Waals surface area contributed by atoms with Crippen LogP contribution in [0.2, 0.25) is 0 Å². The summed E-state index contributed by atoms with van der Waals surface area (Å²) in [5.74, 6) is 0.700. The van der Waals surface area contributed by atoms with Gasteiger partial charge in [-0.05, 0) is 30.5 Å². The Kier molecular flexibility index (Phi) is 11.9. The van der Waals surface area contributed by atoms with Gasteiger partial charge in [-0.25, -0.2) is 0 Å². The van der Waals surface area contributed by atoms with Crippen LogP contribution in [0.5, 0.6) is 0 Å². The molecule has 1 amide bonds. The Morgan fingerprint density at radius 2 is 1.84 bits per heavy atom. The largest absolute Gasteiger partial charge is 0.379 e. The molecule has 1 fully saturated rings. The monoisotopic (exact) mass is 557 g/mol. The number of carbonyl (C=O) groups is 1. The molecule has 1 aliphatic heterocycles. The molecular formula is C22H32IN5O2S. The number of hydrogen-bond acceptors (Lipinski definition) is 5. The van der Waals surface area contributed by atoms with Gasteiger partial charge in [0, 0.05) is 43.2 Å². The van der Waals surface area contributed by atoms with E-state index in [9.17, 15) is 4.79 Å². The minimum atomic E-state index is -0.0654. The quantitative estimate of drug-likeness (QED) is 0.191. The lowest BCUT2D eigenvalue weighted by Gasteiger charge is -2.33. The van der Waals surface area contributed by atoms with Gasteiger partial charge in [0.05, 0.1) is 25.8 Å². The van der Waals surface area contributed by atoms with Crippen molar-refractivity contribution in [3.63, 3.8) is 0 Å². The maximum Gasteiger partial charge on any atom is 0.251 e. The molecule has 0 radical (unpaired) electrons. The zero-order chi connectivity index (χ0) is 21.0. The lowest BCUT2D eigenvalue weighted by atomic mass is 10.2. The fourth-order valence-corrected chi connectivity index (χ4v) is 4.18. The maximum atomic E-state index is 12.1. The number of ether oxygens (including phenoxy) is 1. The molecule has 170 valence electrons. The van der Waals surface area contributed by atoms with Crippen LogP contribution in [0.3, 0.4) is 0 Å². The molecule has 1 aliphatic rings. The van der Waals surface area contributed by atoms with Crippen LogP contribution in [0.25, 0.3) is 0 Å². The minimum absolute atomic E-state index is 0. The predicted molar refractivity (Wildman–Crippen MR) is 138 cm³/mol. The van der Waals surface area contributed by atoms with Crippen molar-refractivity contribution in [2.45, 2.75) is 13.0 Å². The lowest BCUT2D eigenvalue weighted by molar-refractivity contribution is 0.0186. The van der Waals surface area contributed by atoms with Gasteiger partial charge in [-0.1, -0.05) is 24.3 Å². The molecule has 1 aromatic carbocycles. The van der Waals surface area contributed by atoms with E-state index in [1.54, 1.807) is 11.3 Å². The van der Waals surface area contributed by atoms with Crippen LogP contribution in [0.15, 0.2) is 52.8 Å². The third kappa shape index (κ3) is 8.40. The van der Waals surface area contributed by atoms with Crippen LogP contribution in [0, 0.1) is 0 Å². The zero-order valence-electron chi connectivity index (χ0n) is 17.9. The Hall–Kier alpha value is -1.69. The predicted octanol–water partition coefficient (Wildman–Crippen LogP) is 2.72. The molecular weight excluding hydrogens is 525 g/mol. The molecule has 7 nitrogen and oxygen atoms in total. The second kappa shape index (κ2) is 14.4. The molecule has 9 heteroatoms. The summed E-state index contributed by atoms with van der Waals surface area (Å²) < 4.78 is 5.51. The van der Waals surface area contributed by atoms with Crippen molar-refractivity contribution in [2.24, 2.45) is 4.99 Å². The summed E-state index contributed by atoms with van der Waals surface area (Å²) in [6.45, 7) is 8.02. The Morgan fingerprint density at radius 1 is 1.10 bits per heavy atom. The van der Waals surface area contributed by atoms with Gasteiger partial charge < -0.3 is 20.7 Å². The molecule has 31 heavy (non-hydrogen) atoms. The summed E-state index contributed by atoms with van der Waals surface area (Å²) in [5, 5.41) is 11.7. The number of rotatable bonds is 9. The Morgan fingerprint density at radius 3 is 2.52 bits per heavy atom. The zero-order valence-corrected chi connectivity index (χ0v) is 21.0. The van der Waals surface area contributed by atoms with E-state index < -0.39 is 0 Å². The molecule has 0 spiro atoms. The van der Waals surface area contributed by atoms with Gasteiger partial charge in [0.25, 0.3) is 5.91 Å². The maximum absolute atomic E-state index is 12.1. The van der Waals surface area contributed by atoms with Crippen molar-refractivity contribution < 1.29 is 9.53 Å². The van der Waals surface area contributed by atoms with Crippen LogP contribution in [0.4, 0.5) is 0 Å². The minimum Gasteiger partial charge on any atom is -0.379 e. The molecule has 3 rings (SSSR count). The number of carbonyl (C=O) groups excluding carboxylic acids is 1. The molecule has 0 aliphatic carbocycles. The summed E-state index contributed by atoms with van der Waals surface area (Å²) >= 11 is 1.77. The summed E-state index contributed by atoms with van der Waals surface area (Å²) in [6.07, 6.45) is 0. The summed E-state index contributed by atoms with van der Waals surface area (Å²) in [7, 11) is 0. The van der Waals surface area contributed by atoms with E-state index in [1.807, 2.05) is 37.3 Å². The average Bonchev–Trinajstić information content (AvgIpc) is 3.32. The number of halogens is 1. The Labute approximate surface area is 205 Å². The smallest absolute Gasteiger partial charge is 0.251 e. The van der Waals surface area contributed by atoms with E-state index in [0.717, 1.165) is 38.8 Å². The fourth-order valence-electron chi connectivity index (χ4n) is 3.32. The standard InChI is InChI=1S/C22H31N5O2S.HI/c1-2-23-22(25-11-10-24-21(28)18-7-4-3-5-8-18)26-17-19(20-9-6-16-30-20)27-12-14-29-15-13-27;/h3-9,16,19H,2,10-15,17H2,1H3,(H,24,28)(H2,23,25,26);1H. The van der Waals surface area contributed by atoms with Crippen molar-refractivity contribution >= 4 is 47.2 Å². The van der Waals surface area contributed by atoms with E-state index in [1.165, 1.54) is 4.88 Å². The normalized spacial score (nSPS) is 15.6. The Bertz CT molecular complexity index is 782. The molecule has 1 unspecified atom stereocenters. The summed E-state index contributed by atoms with van der Waals surface area (Å²) in [6, 6.07) is 13.8. The highest BCUT2D eigenvalue weighted by atomic mass is 127. The number of aliphatic imine (C=N–C) groups is 1. The lowest BCUT2D eigenvalue weighted by Crippen LogP contribution is -2.43. The number of nitrogens with one attached hydrogen (secondary N) is 3. The average molecular weight is 558 g/mol. The van der Waals surface area contributed by atoms with Gasteiger partial charge in [-0.15, -0.1) is 35.3 Å². The Balaban J connectivity index is 0.00000341. The highest BCUT2D eigenvalue weighted by molar-refractivity contribution is 14.0. The number of benzene rings is 1. The molecule has 1 saturated heterocycles. The van der Waals surface area contributed by atoms with Crippen LogP contribution >= 0.6 is 35.3 Å². The first-order valence-corrected chi connectivity index (χ1v) is 11.4. The van der Waals surface area contributed by atoms with Crippen molar-refractivity contribution in [3.8, 4) is 0 Å². The van der Waals surface area contributed by atoms with Crippen molar-refractivity contribution in [3.05, 3.63) is 58.3 Å². The van der Waals surface area contributed by atoms with Crippen LogP contribution in [-0.4, -0.2) is 69.2 Å². The van der Waals surface area contributed by atoms with Crippen LogP contribution in [-0.2, 0) is 4.74 Å². The second-order valence-electron chi connectivity index (χ2n) is 6.95. The van der Waals surface area contributed by atoms with Gasteiger partial charge >= 0.3 is 0 Å². The van der Waals surface area contributed by atoms with Crippen LogP contribution in [0.1, 0.15) is 28.2 Å². The molecule has 3 N–H and O–H groups in total. The molecule has 2 heterocycles. The van der Waals surface area contributed by atoms with Gasteiger partial charge in [-0.3, -0.25) is 14.7 Å². The number of nitrogens with zero attached hydrogens (tertiary/aromatic N) is 2. The fraction of sp³-hybridized carbons (Fsp3) is 0.455. The topological polar surface area (TPSA) is 78.0 Å². The molecule has 1 atom stereocenters. The van der Waals surface area contributed by atoms with Crippen molar-refractivity contribution in [2.75, 3.05) is 52.5 Å². The SMILES string of the molecule is CCNC(=NCC(c1cccs1)N1CCOCC1)NCCNC(=O)c1ccccc1.I. The van der Waals surface area contributed by atoms with Gasteiger partial charge in [0.2, 0.25) is 0 Å². The number of guanidine groups is 1. The molecule has 2 aromatic rings. The first-order chi connectivity index (χ1) is 14.8. The van der Waals surface area contributed by atoms with Crippen molar-refractivity contribution in [1.29, 1.82) is 0 Å². The summed E-state index contributed by atoms with van der Waals surface area (Å²) in [4.78, 5) is 20.7. The number of amides is 1. The third-order valence-electron chi connectivity index (χ3n) is 4.86. The van der Waals surface area contributed by atoms with Gasteiger partial charge in [0.15, 0.2) is 5.96 Å². The van der Waals surface area contributed by atoms with Crippen molar-refractivity contribution in [1.82, 2.24) is 20.9 Å². The number of thiophene rings is 1. The molecule has 1 aromatic heterocycles.